The van der Waals surface area contributed by atoms with Gasteiger partial charge in [-0.1, -0.05) is 72.8 Å². The number of aryl methyl sites for hydroxylation is 1. The molecule has 1 fully saturated rings. The summed E-state index contributed by atoms with van der Waals surface area (Å²) < 4.78 is 7.64. The monoisotopic (exact) mass is 560 g/mol. The maximum Gasteiger partial charge on any atom is 0.409 e. The van der Waals surface area contributed by atoms with Gasteiger partial charge in [-0.05, 0) is 55.4 Å². The number of rotatable bonds is 10. The van der Waals surface area contributed by atoms with Crippen LogP contribution in [0.1, 0.15) is 37.3 Å². The number of carbonyl (C=O) groups excluding carboxylic acids is 1. The van der Waals surface area contributed by atoms with Crippen LogP contribution in [0.2, 0.25) is 0 Å². The molecule has 1 N–H and O–H groups in total. The Morgan fingerprint density at radius 3 is 2.12 bits per heavy atom. The smallest absolute Gasteiger partial charge is 0.409 e. The quantitative estimate of drug-likeness (QED) is 0.267. The van der Waals surface area contributed by atoms with Gasteiger partial charge < -0.3 is 14.6 Å². The van der Waals surface area contributed by atoms with E-state index in [4.69, 9.17) is 4.74 Å². The van der Waals surface area contributed by atoms with Gasteiger partial charge in [-0.2, -0.15) is 13.5 Å². The second-order valence-electron chi connectivity index (χ2n) is 10.6. The van der Waals surface area contributed by atoms with Crippen molar-refractivity contribution in [2.75, 3.05) is 19.7 Å². The molecule has 4 aromatic rings. The summed E-state index contributed by atoms with van der Waals surface area (Å²) in [4.78, 5) is 32.4. The summed E-state index contributed by atoms with van der Waals surface area (Å²) >= 11 is 0. The molecular weight excluding hydrogens is 520 g/mol. The fourth-order valence-corrected chi connectivity index (χ4v) is 5.44. The number of hydrogen-bond donors (Lipinski definition) is 1. The highest BCUT2D eigenvalue weighted by atomic mass is 32.1. The molecule has 7 nitrogen and oxygen atoms in total. The molecule has 0 unspecified atom stereocenters. The van der Waals surface area contributed by atoms with Crippen molar-refractivity contribution in [3.05, 3.63) is 107 Å². The van der Waals surface area contributed by atoms with E-state index in [9.17, 15) is 9.59 Å². The molecule has 0 radical (unpaired) electrons. The Kier molecular flexibility index (Phi) is 10.5. The normalized spacial score (nSPS) is 14.7. The number of H-pyrrole nitrogens is 1. The summed E-state index contributed by atoms with van der Waals surface area (Å²) in [5.74, 6) is 0.487. The van der Waals surface area contributed by atoms with Crippen LogP contribution < -0.4 is 5.69 Å². The van der Waals surface area contributed by atoms with E-state index in [1.165, 1.54) is 11.1 Å². The minimum absolute atomic E-state index is 0. The van der Waals surface area contributed by atoms with Crippen LogP contribution in [-0.2, 0) is 24.4 Å². The number of nitrogens with zero attached hydrogens (tertiary/aromatic N) is 3. The van der Waals surface area contributed by atoms with E-state index in [1.54, 1.807) is 0 Å². The highest BCUT2D eigenvalue weighted by molar-refractivity contribution is 7.59. The SMILES string of the molecule is C[C@@H](COC(=O)N1CCC(CCn2c(=O)[nH]c3ccccc32)CC1)N(Cc1ccccc1)Cc1ccccc1.S. The van der Waals surface area contributed by atoms with Crippen LogP contribution in [0.5, 0.6) is 0 Å². The number of para-hydroxylation sites is 2. The van der Waals surface area contributed by atoms with E-state index in [-0.39, 0.29) is 31.3 Å². The molecule has 8 heteroatoms. The zero-order valence-electron chi connectivity index (χ0n) is 23.2. The van der Waals surface area contributed by atoms with Crippen LogP contribution in [-0.4, -0.2) is 51.2 Å². The molecule has 2 heterocycles. The minimum atomic E-state index is -0.229. The summed E-state index contributed by atoms with van der Waals surface area (Å²) in [6.45, 7) is 6.13. The van der Waals surface area contributed by atoms with Crippen molar-refractivity contribution in [3.8, 4) is 0 Å². The van der Waals surface area contributed by atoms with Gasteiger partial charge in [-0.3, -0.25) is 9.47 Å². The van der Waals surface area contributed by atoms with E-state index >= 15 is 0 Å². The third-order valence-electron chi connectivity index (χ3n) is 7.84. The summed E-state index contributed by atoms with van der Waals surface area (Å²) in [6.07, 6.45) is 2.55. The first-order chi connectivity index (χ1) is 19.1. The second kappa shape index (κ2) is 14.2. The molecule has 1 atom stereocenters. The number of carbonyl (C=O) groups is 1. The van der Waals surface area contributed by atoms with Gasteiger partial charge in [-0.25, -0.2) is 9.59 Å². The minimum Gasteiger partial charge on any atom is -0.448 e. The Hall–Kier alpha value is -3.49. The standard InChI is InChI=1S/C32H38N4O3.H2S/c1-25(35(22-27-10-4-2-5-11-27)23-28-12-6-3-7-13-28)24-39-32(38)34-19-16-26(17-20-34)18-21-36-30-15-9-8-14-29(30)33-31(36)37;/h2-15,25-26H,16-24H2,1H3,(H,33,37);1H2/t25-;/m0./s1. The summed E-state index contributed by atoms with van der Waals surface area (Å²) in [7, 11) is 0. The maximum atomic E-state index is 12.9. The Bertz CT molecular complexity index is 1360. The molecule has 40 heavy (non-hydrogen) atoms. The lowest BCUT2D eigenvalue weighted by Gasteiger charge is -2.33. The number of piperidine rings is 1. The lowest BCUT2D eigenvalue weighted by atomic mass is 9.94. The van der Waals surface area contributed by atoms with Crippen molar-refractivity contribution in [2.45, 2.75) is 51.9 Å². The predicted octanol–water partition coefficient (Wildman–Crippen LogP) is 5.77. The van der Waals surface area contributed by atoms with E-state index in [0.717, 1.165) is 43.4 Å². The molecule has 0 aliphatic carbocycles. The number of fused-ring (bicyclic) bond motifs is 1. The third kappa shape index (κ3) is 7.58. The Morgan fingerprint density at radius 1 is 0.925 bits per heavy atom. The lowest BCUT2D eigenvalue weighted by molar-refractivity contribution is 0.0555. The lowest BCUT2D eigenvalue weighted by Crippen LogP contribution is -2.42. The molecule has 1 aliphatic rings. The van der Waals surface area contributed by atoms with Crippen molar-refractivity contribution < 1.29 is 9.53 Å². The molecule has 212 valence electrons. The van der Waals surface area contributed by atoms with Crippen LogP contribution in [0, 0.1) is 5.92 Å². The summed E-state index contributed by atoms with van der Waals surface area (Å²) in [5.41, 5.74) is 4.25. The molecule has 0 spiro atoms. The number of aromatic amines is 1. The summed E-state index contributed by atoms with van der Waals surface area (Å²) in [5, 5.41) is 0. The van der Waals surface area contributed by atoms with Gasteiger partial charge in [0.2, 0.25) is 0 Å². The Labute approximate surface area is 243 Å². The molecule has 1 saturated heterocycles. The van der Waals surface area contributed by atoms with Crippen LogP contribution in [0.15, 0.2) is 89.7 Å². The van der Waals surface area contributed by atoms with Gasteiger partial charge in [0.05, 0.1) is 11.0 Å². The number of amides is 1. The fraction of sp³-hybridized carbons (Fsp3) is 0.375. The van der Waals surface area contributed by atoms with Crippen molar-refractivity contribution in [2.24, 2.45) is 5.92 Å². The first kappa shape index (κ1) is 29.5. The zero-order chi connectivity index (χ0) is 27.0. The number of aromatic nitrogens is 2. The van der Waals surface area contributed by atoms with Crippen molar-refractivity contribution in [1.82, 2.24) is 19.4 Å². The molecule has 1 aromatic heterocycles. The van der Waals surface area contributed by atoms with E-state index < -0.39 is 0 Å². The van der Waals surface area contributed by atoms with Gasteiger partial charge in [0.15, 0.2) is 0 Å². The van der Waals surface area contributed by atoms with E-state index in [0.29, 0.717) is 32.2 Å². The number of benzene rings is 3. The highest BCUT2D eigenvalue weighted by Crippen LogP contribution is 2.23. The first-order valence-corrected chi connectivity index (χ1v) is 14.0. The van der Waals surface area contributed by atoms with Gasteiger partial charge in [0.1, 0.15) is 6.61 Å². The van der Waals surface area contributed by atoms with Crippen LogP contribution in [0.4, 0.5) is 4.79 Å². The van der Waals surface area contributed by atoms with Crippen molar-refractivity contribution >= 4 is 30.6 Å². The largest absolute Gasteiger partial charge is 0.448 e. The summed E-state index contributed by atoms with van der Waals surface area (Å²) in [6, 6.07) is 28.7. The average Bonchev–Trinajstić information content (AvgIpc) is 3.30. The number of imidazole rings is 1. The van der Waals surface area contributed by atoms with Crippen LogP contribution in [0.25, 0.3) is 11.0 Å². The predicted molar refractivity (Wildman–Crippen MR) is 165 cm³/mol. The highest BCUT2D eigenvalue weighted by Gasteiger charge is 2.25. The van der Waals surface area contributed by atoms with Gasteiger partial charge >= 0.3 is 11.8 Å². The maximum absolute atomic E-state index is 12.9. The van der Waals surface area contributed by atoms with Crippen LogP contribution in [0.3, 0.4) is 0 Å². The van der Waals surface area contributed by atoms with Gasteiger partial charge in [0.25, 0.3) is 0 Å². The molecule has 5 rings (SSSR count). The van der Waals surface area contributed by atoms with E-state index in [1.807, 2.05) is 45.9 Å². The molecule has 1 aliphatic heterocycles. The third-order valence-corrected chi connectivity index (χ3v) is 7.84. The molecule has 0 saturated carbocycles. The molecular formula is C32H40N4O3S. The Morgan fingerprint density at radius 2 is 1.50 bits per heavy atom. The first-order valence-electron chi connectivity index (χ1n) is 14.0. The molecule has 0 bridgehead atoms. The van der Waals surface area contributed by atoms with Crippen LogP contribution >= 0.6 is 13.5 Å². The number of ether oxygens (including phenoxy) is 1. The Balaban J connectivity index is 0.00000370. The number of nitrogens with one attached hydrogen (secondary N) is 1. The number of likely N-dealkylation sites (tertiary alicyclic amines) is 1. The van der Waals surface area contributed by atoms with Gasteiger partial charge in [-0.15, -0.1) is 0 Å². The van der Waals surface area contributed by atoms with Crippen molar-refractivity contribution in [1.29, 1.82) is 0 Å². The molecule has 3 aromatic carbocycles. The van der Waals surface area contributed by atoms with Crippen molar-refractivity contribution in [3.63, 3.8) is 0 Å². The van der Waals surface area contributed by atoms with E-state index in [2.05, 4.69) is 65.3 Å². The van der Waals surface area contributed by atoms with Gasteiger partial charge in [0, 0.05) is 38.8 Å². The zero-order valence-corrected chi connectivity index (χ0v) is 24.2. The fourth-order valence-electron chi connectivity index (χ4n) is 5.44. The topological polar surface area (TPSA) is 70.6 Å². The number of hydrogen-bond acceptors (Lipinski definition) is 4. The average molecular weight is 561 g/mol. The molecule has 1 amide bonds. The second-order valence-corrected chi connectivity index (χ2v) is 10.6.